The van der Waals surface area contributed by atoms with Gasteiger partial charge in [0.15, 0.2) is 0 Å². The summed E-state index contributed by atoms with van der Waals surface area (Å²) in [5.74, 6) is 0.610. The number of nitrogens with zero attached hydrogens (tertiary/aromatic N) is 3. The van der Waals surface area contributed by atoms with Crippen molar-refractivity contribution < 1.29 is 4.79 Å². The normalized spacial score (nSPS) is 10.7. The van der Waals surface area contributed by atoms with Gasteiger partial charge >= 0.3 is 0 Å². The van der Waals surface area contributed by atoms with Crippen LogP contribution in [0.2, 0.25) is 0 Å². The lowest BCUT2D eigenvalue weighted by atomic mass is 10.2. The van der Waals surface area contributed by atoms with E-state index in [-0.39, 0.29) is 11.8 Å². The van der Waals surface area contributed by atoms with Crippen LogP contribution >= 0.6 is 0 Å². The van der Waals surface area contributed by atoms with Crippen LogP contribution in [0.25, 0.3) is 0 Å². The lowest BCUT2D eigenvalue weighted by molar-refractivity contribution is 0.0841. The van der Waals surface area contributed by atoms with E-state index in [1.807, 2.05) is 74.5 Å². The summed E-state index contributed by atoms with van der Waals surface area (Å²) < 4.78 is 1.35. The first-order chi connectivity index (χ1) is 12.6. The average Bonchev–Trinajstić information content (AvgIpc) is 3.09. The van der Waals surface area contributed by atoms with Crippen LogP contribution in [0.5, 0.6) is 0 Å². The van der Waals surface area contributed by atoms with Crippen molar-refractivity contribution in [3.05, 3.63) is 71.8 Å². The van der Waals surface area contributed by atoms with Gasteiger partial charge in [0.1, 0.15) is 0 Å². The van der Waals surface area contributed by atoms with E-state index in [0.717, 1.165) is 11.1 Å². The molecule has 0 aliphatic carbocycles. The molecule has 26 heavy (non-hydrogen) atoms. The fourth-order valence-corrected chi connectivity index (χ4v) is 2.45. The predicted octanol–water partition coefficient (Wildman–Crippen LogP) is 3.80. The highest BCUT2D eigenvalue weighted by Gasteiger charge is 2.18. The van der Waals surface area contributed by atoms with E-state index in [1.54, 1.807) is 0 Å². The number of hydrogen-bond acceptors (Lipinski definition) is 5. The van der Waals surface area contributed by atoms with Crippen LogP contribution < -0.4 is 10.6 Å². The van der Waals surface area contributed by atoms with Gasteiger partial charge in [-0.1, -0.05) is 74.5 Å². The quantitative estimate of drug-likeness (QED) is 0.679. The maximum atomic E-state index is 12.5. The molecule has 6 heteroatoms. The number of hydrogen-bond donors (Lipinski definition) is 2. The molecule has 1 heterocycles. The van der Waals surface area contributed by atoms with Crippen LogP contribution in [0.3, 0.4) is 0 Å². The molecular formula is C20H23N5O. The summed E-state index contributed by atoms with van der Waals surface area (Å²) in [6, 6.07) is 20.0. The van der Waals surface area contributed by atoms with Gasteiger partial charge in [-0.15, -0.1) is 5.10 Å². The van der Waals surface area contributed by atoms with Gasteiger partial charge in [0.25, 0.3) is 5.91 Å². The largest absolute Gasteiger partial charge is 0.350 e. The van der Waals surface area contributed by atoms with Gasteiger partial charge in [0, 0.05) is 19.0 Å². The third kappa shape index (κ3) is 4.47. The van der Waals surface area contributed by atoms with Crippen molar-refractivity contribution in [2.24, 2.45) is 5.92 Å². The van der Waals surface area contributed by atoms with Crippen molar-refractivity contribution in [2.45, 2.75) is 26.9 Å². The van der Waals surface area contributed by atoms with Crippen molar-refractivity contribution in [1.82, 2.24) is 14.8 Å². The lowest BCUT2D eigenvalue weighted by Gasteiger charge is -2.08. The van der Waals surface area contributed by atoms with Gasteiger partial charge in [-0.2, -0.15) is 9.67 Å². The standard InChI is InChI=1S/C20H23N5O/c1-15(2)18(26)25-20(22-14-17-11-7-4-8-12-17)23-19(24-25)21-13-16-9-5-3-6-10-16/h3-12,15H,13-14H2,1-2H3,(H2,21,22,23,24). The Morgan fingerprint density at radius 3 is 2.00 bits per heavy atom. The minimum absolute atomic E-state index is 0.0965. The molecule has 0 spiro atoms. The summed E-state index contributed by atoms with van der Waals surface area (Å²) in [6.45, 7) is 4.87. The summed E-state index contributed by atoms with van der Waals surface area (Å²) in [4.78, 5) is 16.9. The molecule has 0 atom stereocenters. The van der Waals surface area contributed by atoms with Crippen molar-refractivity contribution in [3.63, 3.8) is 0 Å². The Kier molecular flexibility index (Phi) is 5.63. The molecular weight excluding hydrogens is 326 g/mol. The smallest absolute Gasteiger partial charge is 0.252 e. The highest BCUT2D eigenvalue weighted by molar-refractivity contribution is 5.82. The zero-order valence-electron chi connectivity index (χ0n) is 15.0. The monoisotopic (exact) mass is 349 g/mol. The molecule has 3 rings (SSSR count). The second-order valence-corrected chi connectivity index (χ2v) is 6.34. The minimum Gasteiger partial charge on any atom is -0.350 e. The fraction of sp³-hybridized carbons (Fsp3) is 0.250. The summed E-state index contributed by atoms with van der Waals surface area (Å²) in [5, 5.41) is 10.7. The third-order valence-electron chi connectivity index (χ3n) is 3.90. The number of anilines is 2. The molecule has 6 nitrogen and oxygen atoms in total. The lowest BCUT2D eigenvalue weighted by Crippen LogP contribution is -2.21. The molecule has 0 bridgehead atoms. The summed E-state index contributed by atoms with van der Waals surface area (Å²) in [6.07, 6.45) is 0. The van der Waals surface area contributed by atoms with Crippen molar-refractivity contribution in [1.29, 1.82) is 0 Å². The zero-order valence-corrected chi connectivity index (χ0v) is 15.0. The minimum atomic E-state index is -0.170. The molecule has 0 aliphatic heterocycles. The molecule has 3 aromatic rings. The number of carbonyl (C=O) groups is 1. The maximum Gasteiger partial charge on any atom is 0.252 e. The highest BCUT2D eigenvalue weighted by Crippen LogP contribution is 2.14. The molecule has 0 saturated heterocycles. The van der Waals surface area contributed by atoms with Gasteiger partial charge in [-0.3, -0.25) is 4.79 Å². The Bertz CT molecular complexity index is 843. The molecule has 0 unspecified atom stereocenters. The number of aromatic nitrogens is 3. The van der Waals surface area contributed by atoms with E-state index in [4.69, 9.17) is 0 Å². The molecule has 2 N–H and O–H groups in total. The second-order valence-electron chi connectivity index (χ2n) is 6.34. The SMILES string of the molecule is CC(C)C(=O)n1nc(NCc2ccccc2)nc1NCc1ccccc1. The van der Waals surface area contributed by atoms with Crippen molar-refractivity contribution in [2.75, 3.05) is 10.6 Å². The molecule has 134 valence electrons. The van der Waals surface area contributed by atoms with Crippen LogP contribution in [-0.2, 0) is 13.1 Å². The van der Waals surface area contributed by atoms with Gasteiger partial charge < -0.3 is 10.6 Å². The molecule has 1 aromatic heterocycles. The van der Waals surface area contributed by atoms with Gasteiger partial charge in [0.2, 0.25) is 11.9 Å². The van der Waals surface area contributed by atoms with Gasteiger partial charge in [-0.05, 0) is 11.1 Å². The van der Waals surface area contributed by atoms with E-state index < -0.39 is 0 Å². The molecule has 0 amide bonds. The van der Waals surface area contributed by atoms with Crippen LogP contribution in [0, 0.1) is 5.92 Å². The fourth-order valence-electron chi connectivity index (χ4n) is 2.45. The molecule has 2 aromatic carbocycles. The van der Waals surface area contributed by atoms with E-state index in [2.05, 4.69) is 20.7 Å². The Balaban J connectivity index is 1.75. The molecule has 0 saturated carbocycles. The summed E-state index contributed by atoms with van der Waals surface area (Å²) in [7, 11) is 0. The first-order valence-corrected chi connectivity index (χ1v) is 8.70. The number of carbonyl (C=O) groups excluding carboxylic acids is 1. The van der Waals surface area contributed by atoms with Crippen molar-refractivity contribution in [3.8, 4) is 0 Å². The van der Waals surface area contributed by atoms with E-state index in [9.17, 15) is 4.79 Å². The van der Waals surface area contributed by atoms with Crippen LogP contribution in [0.15, 0.2) is 60.7 Å². The van der Waals surface area contributed by atoms with Crippen molar-refractivity contribution >= 4 is 17.8 Å². The third-order valence-corrected chi connectivity index (χ3v) is 3.90. The predicted molar refractivity (Wildman–Crippen MR) is 103 cm³/mol. The Labute approximate surface area is 153 Å². The molecule has 0 fully saturated rings. The first kappa shape index (κ1) is 17.7. The first-order valence-electron chi connectivity index (χ1n) is 8.70. The average molecular weight is 349 g/mol. The van der Waals surface area contributed by atoms with E-state index >= 15 is 0 Å². The Morgan fingerprint density at radius 1 is 0.923 bits per heavy atom. The van der Waals surface area contributed by atoms with Gasteiger partial charge in [-0.25, -0.2) is 0 Å². The topological polar surface area (TPSA) is 71.8 Å². The number of nitrogens with one attached hydrogen (secondary N) is 2. The number of rotatable bonds is 7. The van der Waals surface area contributed by atoms with Crippen LogP contribution in [0.1, 0.15) is 29.8 Å². The Morgan fingerprint density at radius 2 is 1.46 bits per heavy atom. The highest BCUT2D eigenvalue weighted by atomic mass is 16.2. The van der Waals surface area contributed by atoms with Crippen LogP contribution in [0.4, 0.5) is 11.9 Å². The van der Waals surface area contributed by atoms with E-state index in [1.165, 1.54) is 4.68 Å². The Hall–Kier alpha value is -3.15. The van der Waals surface area contributed by atoms with Crippen LogP contribution in [-0.4, -0.2) is 20.7 Å². The van der Waals surface area contributed by atoms with E-state index in [0.29, 0.717) is 25.0 Å². The molecule has 0 radical (unpaired) electrons. The maximum absolute atomic E-state index is 12.5. The zero-order chi connectivity index (χ0) is 18.4. The van der Waals surface area contributed by atoms with Gasteiger partial charge in [0.05, 0.1) is 0 Å². The molecule has 0 aliphatic rings. The summed E-state index contributed by atoms with van der Waals surface area (Å²) >= 11 is 0. The second kappa shape index (κ2) is 8.29. The number of benzene rings is 2. The summed E-state index contributed by atoms with van der Waals surface area (Å²) in [5.41, 5.74) is 2.23.